The van der Waals surface area contributed by atoms with Gasteiger partial charge in [0.05, 0.1) is 9.92 Å². The van der Waals surface area contributed by atoms with Crippen molar-refractivity contribution >= 4 is 38.8 Å². The lowest BCUT2D eigenvalue weighted by Crippen LogP contribution is -2.34. The summed E-state index contributed by atoms with van der Waals surface area (Å²) in [6.07, 6.45) is 2.68. The van der Waals surface area contributed by atoms with Gasteiger partial charge in [-0.15, -0.1) is 0 Å². The number of rotatable bonds is 5. The molecule has 1 aliphatic rings. The van der Waals surface area contributed by atoms with Gasteiger partial charge < -0.3 is 10.0 Å². The van der Waals surface area contributed by atoms with E-state index in [2.05, 4.69) is 4.72 Å². The van der Waals surface area contributed by atoms with E-state index in [1.165, 1.54) is 12.1 Å². The molecule has 4 rings (SSSR count). The van der Waals surface area contributed by atoms with Crippen LogP contribution in [-0.2, 0) is 10.0 Å². The van der Waals surface area contributed by atoms with Gasteiger partial charge in [-0.25, -0.2) is 12.8 Å². The van der Waals surface area contributed by atoms with Crippen LogP contribution < -0.4 is 4.72 Å². The van der Waals surface area contributed by atoms with Crippen LogP contribution in [0.15, 0.2) is 77.7 Å². The number of sulfonamides is 1. The van der Waals surface area contributed by atoms with Crippen LogP contribution in [0.2, 0.25) is 5.02 Å². The van der Waals surface area contributed by atoms with E-state index in [0.29, 0.717) is 25.1 Å². The lowest BCUT2D eigenvalue weighted by Gasteiger charge is -2.27. The van der Waals surface area contributed by atoms with Gasteiger partial charge in [0.15, 0.2) is 0 Å². The fourth-order valence-corrected chi connectivity index (χ4v) is 4.84. The van der Waals surface area contributed by atoms with E-state index in [-0.39, 0.29) is 27.3 Å². The molecule has 0 spiro atoms. The van der Waals surface area contributed by atoms with E-state index in [1.807, 2.05) is 18.2 Å². The number of anilines is 1. The molecule has 1 heterocycles. The number of aromatic hydroxyl groups is 1. The van der Waals surface area contributed by atoms with Crippen molar-refractivity contribution in [1.29, 1.82) is 0 Å². The van der Waals surface area contributed by atoms with E-state index in [0.717, 1.165) is 29.3 Å². The molecule has 1 amide bonds. The number of benzene rings is 3. The fourth-order valence-electron chi connectivity index (χ4n) is 3.51. The van der Waals surface area contributed by atoms with Crippen LogP contribution in [0.4, 0.5) is 10.1 Å². The summed E-state index contributed by atoms with van der Waals surface area (Å²) in [5.41, 5.74) is 2.83. The normalized spacial score (nSPS) is 14.0. The number of nitrogens with one attached hydrogen (secondary N) is 1. The lowest BCUT2D eigenvalue weighted by molar-refractivity contribution is 0.0773. The molecule has 0 saturated carbocycles. The van der Waals surface area contributed by atoms with E-state index < -0.39 is 15.8 Å². The number of hydrogen-bond donors (Lipinski definition) is 2. The monoisotopic (exact) mass is 486 g/mol. The van der Waals surface area contributed by atoms with Gasteiger partial charge in [0.2, 0.25) is 0 Å². The number of hydrogen-bond acceptors (Lipinski definition) is 4. The average Bonchev–Trinajstić information content (AvgIpc) is 2.81. The minimum atomic E-state index is -3.96. The molecular weight excluding hydrogens is 467 g/mol. The zero-order valence-electron chi connectivity index (χ0n) is 17.3. The second kappa shape index (κ2) is 9.25. The van der Waals surface area contributed by atoms with Crippen molar-refractivity contribution in [2.24, 2.45) is 0 Å². The molecule has 0 aromatic heterocycles. The summed E-state index contributed by atoms with van der Waals surface area (Å²) >= 11 is 5.68. The third-order valence-electron chi connectivity index (χ3n) is 5.32. The summed E-state index contributed by atoms with van der Waals surface area (Å²) in [6, 6.07) is 16.2. The van der Waals surface area contributed by atoms with Crippen LogP contribution in [0.25, 0.3) is 5.57 Å². The first-order valence-corrected chi connectivity index (χ1v) is 11.9. The van der Waals surface area contributed by atoms with Crippen molar-refractivity contribution in [1.82, 2.24) is 4.90 Å². The van der Waals surface area contributed by atoms with Crippen molar-refractivity contribution < 1.29 is 22.7 Å². The quantitative estimate of drug-likeness (QED) is 0.536. The molecule has 9 heteroatoms. The van der Waals surface area contributed by atoms with Gasteiger partial charge in [-0.3, -0.25) is 9.52 Å². The number of nitrogens with zero attached hydrogens (tertiary/aromatic N) is 1. The first kappa shape index (κ1) is 22.8. The van der Waals surface area contributed by atoms with Crippen molar-refractivity contribution in [3.8, 4) is 5.75 Å². The lowest BCUT2D eigenvalue weighted by atomic mass is 9.99. The molecule has 0 saturated heterocycles. The van der Waals surface area contributed by atoms with Crippen molar-refractivity contribution in [3.05, 3.63) is 94.8 Å². The molecule has 3 aromatic rings. The van der Waals surface area contributed by atoms with Gasteiger partial charge in [0.1, 0.15) is 11.6 Å². The number of phenols is 1. The summed E-state index contributed by atoms with van der Waals surface area (Å²) in [5.74, 6) is -0.656. The zero-order valence-corrected chi connectivity index (χ0v) is 18.9. The van der Waals surface area contributed by atoms with Crippen LogP contribution in [0.1, 0.15) is 22.3 Å². The molecular formula is C24H20ClFN2O4S. The molecule has 0 bridgehead atoms. The van der Waals surface area contributed by atoms with Gasteiger partial charge in [0.25, 0.3) is 15.9 Å². The molecule has 0 aliphatic carbocycles. The predicted molar refractivity (Wildman–Crippen MR) is 125 cm³/mol. The smallest absolute Gasteiger partial charge is 0.261 e. The number of amides is 1. The average molecular weight is 487 g/mol. The zero-order chi connectivity index (χ0) is 23.6. The second-order valence-corrected chi connectivity index (χ2v) is 9.63. The Hall–Kier alpha value is -3.36. The topological polar surface area (TPSA) is 86.7 Å². The summed E-state index contributed by atoms with van der Waals surface area (Å²) in [7, 11) is -3.96. The van der Waals surface area contributed by atoms with Crippen LogP contribution in [0.5, 0.6) is 5.75 Å². The molecule has 0 atom stereocenters. The van der Waals surface area contributed by atoms with E-state index in [9.17, 15) is 22.7 Å². The molecule has 170 valence electrons. The number of halogens is 2. The molecule has 3 aromatic carbocycles. The maximum atomic E-state index is 13.3. The first-order valence-electron chi connectivity index (χ1n) is 10.1. The first-order chi connectivity index (χ1) is 15.7. The van der Waals surface area contributed by atoms with Crippen LogP contribution in [0, 0.1) is 5.82 Å². The Morgan fingerprint density at radius 3 is 2.33 bits per heavy atom. The minimum absolute atomic E-state index is 0.157. The maximum Gasteiger partial charge on any atom is 0.261 e. The summed E-state index contributed by atoms with van der Waals surface area (Å²) in [5, 5.41) is 9.14. The highest BCUT2D eigenvalue weighted by molar-refractivity contribution is 7.92. The Balaban J connectivity index is 1.42. The van der Waals surface area contributed by atoms with Crippen molar-refractivity contribution in [2.75, 3.05) is 17.8 Å². The fraction of sp³-hybridized carbons (Fsp3) is 0.125. The van der Waals surface area contributed by atoms with Gasteiger partial charge in [-0.2, -0.15) is 0 Å². The molecule has 6 nitrogen and oxygen atoms in total. The van der Waals surface area contributed by atoms with Gasteiger partial charge >= 0.3 is 0 Å². The van der Waals surface area contributed by atoms with Crippen LogP contribution in [-0.4, -0.2) is 37.4 Å². The SMILES string of the molecule is O=C(c1ccc(NS(=O)(=O)c2ccc(F)c(Cl)c2)cc1)N1CC=C(c2ccc(O)cc2)CC1. The minimum Gasteiger partial charge on any atom is -0.508 e. The molecule has 0 unspecified atom stereocenters. The van der Waals surface area contributed by atoms with E-state index in [4.69, 9.17) is 11.6 Å². The summed E-state index contributed by atoms with van der Waals surface area (Å²) in [4.78, 5) is 14.4. The van der Waals surface area contributed by atoms with Gasteiger partial charge in [0, 0.05) is 24.3 Å². The molecule has 33 heavy (non-hydrogen) atoms. The van der Waals surface area contributed by atoms with Gasteiger partial charge in [-0.1, -0.05) is 29.8 Å². The Bertz CT molecular complexity index is 1320. The third kappa shape index (κ3) is 5.18. The van der Waals surface area contributed by atoms with Crippen molar-refractivity contribution in [3.63, 3.8) is 0 Å². The highest BCUT2D eigenvalue weighted by Gasteiger charge is 2.20. The highest BCUT2D eigenvalue weighted by Crippen LogP contribution is 2.26. The van der Waals surface area contributed by atoms with Crippen LogP contribution in [0.3, 0.4) is 0 Å². The van der Waals surface area contributed by atoms with Crippen molar-refractivity contribution in [2.45, 2.75) is 11.3 Å². The van der Waals surface area contributed by atoms with Crippen LogP contribution >= 0.6 is 11.6 Å². The predicted octanol–water partition coefficient (Wildman–Crippen LogP) is 4.92. The standard InChI is InChI=1S/C24H20ClFN2O4S/c25-22-15-21(9-10-23(22)26)33(31,32)27-19-5-1-18(2-6-19)24(30)28-13-11-17(12-14-28)16-3-7-20(29)8-4-16/h1-11,15,27,29H,12-14H2. The number of carbonyl (C=O) groups is 1. The molecule has 0 fully saturated rings. The highest BCUT2D eigenvalue weighted by atomic mass is 35.5. The second-order valence-electron chi connectivity index (χ2n) is 7.54. The molecule has 0 radical (unpaired) electrons. The summed E-state index contributed by atoms with van der Waals surface area (Å²) < 4.78 is 40.7. The Labute approximate surface area is 196 Å². The Kier molecular flexibility index (Phi) is 6.40. The summed E-state index contributed by atoms with van der Waals surface area (Å²) in [6.45, 7) is 1.000. The molecule has 1 aliphatic heterocycles. The van der Waals surface area contributed by atoms with E-state index >= 15 is 0 Å². The largest absolute Gasteiger partial charge is 0.508 e. The number of phenolic OH excluding ortho intramolecular Hbond substituents is 1. The Morgan fingerprint density at radius 2 is 1.73 bits per heavy atom. The van der Waals surface area contributed by atoms with E-state index in [1.54, 1.807) is 29.2 Å². The third-order valence-corrected chi connectivity index (χ3v) is 6.99. The Morgan fingerprint density at radius 1 is 1.03 bits per heavy atom. The number of carbonyl (C=O) groups excluding carboxylic acids is 1. The van der Waals surface area contributed by atoms with Gasteiger partial charge in [-0.05, 0) is 72.2 Å². The maximum absolute atomic E-state index is 13.3. The molecule has 2 N–H and O–H groups in total.